The van der Waals surface area contributed by atoms with Crippen molar-refractivity contribution in [3.05, 3.63) is 4.91 Å². The van der Waals surface area contributed by atoms with Crippen molar-refractivity contribution in [2.24, 2.45) is 5.34 Å². The van der Waals surface area contributed by atoms with Crippen molar-refractivity contribution in [1.82, 2.24) is 0 Å². The first kappa shape index (κ1) is 10.4. The van der Waals surface area contributed by atoms with Crippen LogP contribution in [0.25, 0.3) is 0 Å². The Hall–Kier alpha value is -0.640. The highest BCUT2D eigenvalue weighted by atomic mass is 16.6. The van der Waals surface area contributed by atoms with E-state index < -0.39 is 0 Å². The first-order chi connectivity index (χ1) is 3.41. The van der Waals surface area contributed by atoms with Gasteiger partial charge in [-0.1, -0.05) is 0 Å². The Labute approximate surface area is 49.3 Å². The van der Waals surface area contributed by atoms with Crippen LogP contribution >= 0.6 is 0 Å². The molecule has 0 amide bonds. The van der Waals surface area contributed by atoms with Gasteiger partial charge in [-0.25, -0.2) is 0 Å². The smallest absolute Gasteiger partial charge is 0.152 e. The molecule has 0 fully saturated rings. The Kier molecular flexibility index (Phi) is 5.85. The van der Waals surface area contributed by atoms with Crippen LogP contribution in [0, 0.1) is 4.91 Å². The number of quaternary nitrogens is 1. The Morgan fingerprint density at radius 1 is 1.25 bits per heavy atom. The predicted molar refractivity (Wildman–Crippen MR) is 31.5 cm³/mol. The maximum atomic E-state index is 8.11. The summed E-state index contributed by atoms with van der Waals surface area (Å²) in [6.07, 6.45) is 0. The molecular weight excluding hydrogens is 108 g/mol. The minimum Gasteiger partial charge on any atom is -0.379 e. The Balaban J connectivity index is 0. The SMILES string of the molecule is C[N+](C)(C)C.O=NO. The van der Waals surface area contributed by atoms with Crippen molar-refractivity contribution in [2.75, 3.05) is 28.2 Å². The molecule has 0 atom stereocenters. The van der Waals surface area contributed by atoms with Gasteiger partial charge in [-0.2, -0.15) is 0 Å². The average molecular weight is 121 g/mol. The van der Waals surface area contributed by atoms with Gasteiger partial charge in [0.25, 0.3) is 0 Å². The molecule has 4 heteroatoms. The van der Waals surface area contributed by atoms with Crippen molar-refractivity contribution >= 4 is 0 Å². The maximum absolute atomic E-state index is 8.11. The number of hydrogen-bond acceptors (Lipinski definition) is 2. The highest BCUT2D eigenvalue weighted by Gasteiger charge is 1.88. The lowest BCUT2D eigenvalue weighted by atomic mass is 10.8. The molecule has 50 valence electrons. The fourth-order valence-corrected chi connectivity index (χ4v) is 0. The Morgan fingerprint density at radius 2 is 1.25 bits per heavy atom. The van der Waals surface area contributed by atoms with E-state index in [1.54, 1.807) is 0 Å². The van der Waals surface area contributed by atoms with E-state index >= 15 is 0 Å². The van der Waals surface area contributed by atoms with E-state index in [9.17, 15) is 0 Å². The second-order valence-corrected chi connectivity index (χ2v) is 2.76. The van der Waals surface area contributed by atoms with Crippen LogP contribution in [0.3, 0.4) is 0 Å². The zero-order valence-electron chi connectivity index (χ0n) is 5.75. The van der Waals surface area contributed by atoms with E-state index in [2.05, 4.69) is 28.2 Å². The van der Waals surface area contributed by atoms with Gasteiger partial charge < -0.3 is 9.69 Å². The highest BCUT2D eigenvalue weighted by Crippen LogP contribution is 1.73. The fourth-order valence-electron chi connectivity index (χ4n) is 0. The van der Waals surface area contributed by atoms with Crippen molar-refractivity contribution in [3.8, 4) is 0 Å². The maximum Gasteiger partial charge on any atom is 0.152 e. The number of hydrogen-bond donors (Lipinski definition) is 1. The van der Waals surface area contributed by atoms with Gasteiger partial charge in [0.15, 0.2) is 5.34 Å². The molecule has 0 radical (unpaired) electrons. The van der Waals surface area contributed by atoms with E-state index in [0.717, 1.165) is 4.48 Å². The average Bonchev–Trinajstić information content (AvgIpc) is 1.27. The minimum atomic E-state index is 1.00. The quantitative estimate of drug-likeness (QED) is 0.287. The summed E-state index contributed by atoms with van der Waals surface area (Å²) in [6.45, 7) is 0. The summed E-state index contributed by atoms with van der Waals surface area (Å²) in [4.78, 5) is 8.11. The monoisotopic (exact) mass is 121 g/mol. The van der Waals surface area contributed by atoms with E-state index in [1.807, 2.05) is 0 Å². The molecule has 1 N–H and O–H groups in total. The van der Waals surface area contributed by atoms with Crippen LogP contribution in [-0.2, 0) is 0 Å². The molecule has 8 heavy (non-hydrogen) atoms. The van der Waals surface area contributed by atoms with Gasteiger partial charge in [0.2, 0.25) is 0 Å². The first-order valence-electron chi connectivity index (χ1n) is 2.17. The molecule has 0 aromatic rings. The molecule has 0 heterocycles. The van der Waals surface area contributed by atoms with Crippen LogP contribution in [-0.4, -0.2) is 37.9 Å². The second kappa shape index (κ2) is 4.52. The van der Waals surface area contributed by atoms with E-state index in [-0.39, 0.29) is 0 Å². The molecule has 4 nitrogen and oxygen atoms in total. The highest BCUT2D eigenvalue weighted by molar-refractivity contribution is 3.87. The molecule has 0 spiro atoms. The summed E-state index contributed by atoms with van der Waals surface area (Å²) in [6, 6.07) is 0. The molecule has 0 saturated carbocycles. The molecule has 0 aliphatic heterocycles. The standard InChI is InChI=1S/C4H12N.HNO2/c1-5(2,3)4;2-1-3/h1-4H3;(H,2,3)/q+1;. The van der Waals surface area contributed by atoms with Crippen LogP contribution in [0.15, 0.2) is 5.34 Å². The lowest BCUT2D eigenvalue weighted by molar-refractivity contribution is -0.849. The van der Waals surface area contributed by atoms with Crippen molar-refractivity contribution < 1.29 is 9.69 Å². The van der Waals surface area contributed by atoms with Crippen molar-refractivity contribution in [3.63, 3.8) is 0 Å². The molecular formula is C4H13N2O2+. The summed E-state index contributed by atoms with van der Waals surface area (Å²) < 4.78 is 1.00. The van der Waals surface area contributed by atoms with E-state index in [4.69, 9.17) is 10.1 Å². The number of rotatable bonds is 0. The van der Waals surface area contributed by atoms with Crippen molar-refractivity contribution in [1.29, 1.82) is 0 Å². The third kappa shape index (κ3) is 249. The van der Waals surface area contributed by atoms with E-state index in [1.165, 1.54) is 5.34 Å². The summed E-state index contributed by atoms with van der Waals surface area (Å²) >= 11 is 0. The normalized spacial score (nSPS) is 9.00. The van der Waals surface area contributed by atoms with Gasteiger partial charge in [-0.15, -0.1) is 4.91 Å². The predicted octanol–water partition coefficient (Wildman–Crippen LogP) is 0.464. The Morgan fingerprint density at radius 3 is 1.25 bits per heavy atom. The topological polar surface area (TPSA) is 49.7 Å². The summed E-state index contributed by atoms with van der Waals surface area (Å²) in [5, 5.41) is 7.89. The summed E-state index contributed by atoms with van der Waals surface area (Å²) in [5.74, 6) is 0. The Bertz CT molecular complexity index is 51.5. The third-order valence-electron chi connectivity index (χ3n) is 0. The van der Waals surface area contributed by atoms with Crippen LogP contribution in [0.1, 0.15) is 0 Å². The summed E-state index contributed by atoms with van der Waals surface area (Å²) in [7, 11) is 8.50. The largest absolute Gasteiger partial charge is 0.379 e. The van der Waals surface area contributed by atoms with Gasteiger partial charge in [0.05, 0.1) is 28.2 Å². The lowest BCUT2D eigenvalue weighted by Crippen LogP contribution is -2.27. The van der Waals surface area contributed by atoms with Gasteiger partial charge in [0.1, 0.15) is 0 Å². The molecule has 0 aromatic carbocycles. The van der Waals surface area contributed by atoms with Gasteiger partial charge in [-0.3, -0.25) is 0 Å². The summed E-state index contributed by atoms with van der Waals surface area (Å²) in [5.41, 5.74) is 0. The second-order valence-electron chi connectivity index (χ2n) is 2.76. The van der Waals surface area contributed by atoms with Crippen LogP contribution in [0.2, 0.25) is 0 Å². The zero-order chi connectivity index (χ0) is 7.21. The molecule has 0 unspecified atom stereocenters. The van der Waals surface area contributed by atoms with Crippen LogP contribution in [0.5, 0.6) is 0 Å². The van der Waals surface area contributed by atoms with Crippen LogP contribution < -0.4 is 0 Å². The van der Waals surface area contributed by atoms with Crippen molar-refractivity contribution in [2.45, 2.75) is 0 Å². The molecule has 0 saturated heterocycles. The minimum absolute atomic E-state index is 1.00. The van der Waals surface area contributed by atoms with Gasteiger partial charge in [-0.05, 0) is 0 Å². The molecule has 0 aliphatic carbocycles. The lowest BCUT2D eigenvalue weighted by Gasteiger charge is -2.14. The number of nitrogens with zero attached hydrogens (tertiary/aromatic N) is 2. The van der Waals surface area contributed by atoms with Gasteiger partial charge >= 0.3 is 0 Å². The fraction of sp³-hybridized carbons (Fsp3) is 1.00. The molecule has 0 rings (SSSR count). The third-order valence-corrected chi connectivity index (χ3v) is 0. The molecule has 0 aliphatic rings. The van der Waals surface area contributed by atoms with Gasteiger partial charge in [0, 0.05) is 0 Å². The molecule has 0 bridgehead atoms. The zero-order valence-corrected chi connectivity index (χ0v) is 5.75. The van der Waals surface area contributed by atoms with E-state index in [0.29, 0.717) is 0 Å². The molecule has 0 aromatic heterocycles. The first-order valence-corrected chi connectivity index (χ1v) is 2.17. The van der Waals surface area contributed by atoms with Crippen LogP contribution in [0.4, 0.5) is 0 Å².